The number of nitrogens with two attached hydrogens (primary N) is 1. The first-order valence-corrected chi connectivity index (χ1v) is 5.85. The molecule has 3 aromatic heterocycles. The van der Waals surface area contributed by atoms with E-state index in [1.807, 2.05) is 24.3 Å². The van der Waals surface area contributed by atoms with Crippen LogP contribution < -0.4 is 5.73 Å². The molecule has 4 rings (SSSR count). The summed E-state index contributed by atoms with van der Waals surface area (Å²) in [5.74, 6) is 0.509. The van der Waals surface area contributed by atoms with Crippen molar-refractivity contribution in [3.8, 4) is 11.1 Å². The molecule has 0 fully saturated rings. The summed E-state index contributed by atoms with van der Waals surface area (Å²) in [6.07, 6.45) is 3.54. The summed E-state index contributed by atoms with van der Waals surface area (Å²) in [7, 11) is 0. The molecule has 0 bridgehead atoms. The van der Waals surface area contributed by atoms with Crippen LogP contribution in [0, 0.1) is 0 Å². The maximum Gasteiger partial charge on any atom is 0.155 e. The number of hydrogen-bond donors (Lipinski definition) is 3. The minimum Gasteiger partial charge on any atom is -0.382 e. The lowest BCUT2D eigenvalue weighted by Crippen LogP contribution is -1.85. The van der Waals surface area contributed by atoms with Crippen LogP contribution in [0.3, 0.4) is 0 Å². The predicted octanol–water partition coefficient (Wildman–Crippen LogP) is 2.08. The van der Waals surface area contributed by atoms with Crippen LogP contribution in [0.2, 0.25) is 0 Å². The van der Waals surface area contributed by atoms with E-state index in [2.05, 4.69) is 25.4 Å². The molecular formula is C13H10N6. The van der Waals surface area contributed by atoms with Gasteiger partial charge in [-0.2, -0.15) is 10.2 Å². The van der Waals surface area contributed by atoms with Crippen LogP contribution in [0.1, 0.15) is 0 Å². The highest BCUT2D eigenvalue weighted by molar-refractivity contribution is 5.97. The number of nitrogens with one attached hydrogen (secondary N) is 2. The maximum atomic E-state index is 5.84. The number of aromatic nitrogens is 5. The molecular weight excluding hydrogens is 240 g/mol. The normalized spacial score (nSPS) is 11.4. The van der Waals surface area contributed by atoms with Crippen LogP contribution in [0.25, 0.3) is 33.1 Å². The first kappa shape index (κ1) is 10.1. The van der Waals surface area contributed by atoms with Crippen molar-refractivity contribution in [3.05, 3.63) is 36.7 Å². The highest BCUT2D eigenvalue weighted by Crippen LogP contribution is 2.29. The van der Waals surface area contributed by atoms with E-state index in [0.717, 1.165) is 33.1 Å². The smallest absolute Gasteiger partial charge is 0.155 e. The third-order valence-corrected chi connectivity index (χ3v) is 3.26. The molecule has 0 spiro atoms. The quantitative estimate of drug-likeness (QED) is 0.482. The van der Waals surface area contributed by atoms with Crippen molar-refractivity contribution in [2.45, 2.75) is 0 Å². The second kappa shape index (κ2) is 3.55. The number of nitrogen functional groups attached to an aromatic ring is 1. The second-order valence-electron chi connectivity index (χ2n) is 4.36. The van der Waals surface area contributed by atoms with E-state index in [0.29, 0.717) is 5.82 Å². The summed E-state index contributed by atoms with van der Waals surface area (Å²) >= 11 is 0. The first-order valence-electron chi connectivity index (χ1n) is 5.85. The van der Waals surface area contributed by atoms with Gasteiger partial charge in [0.15, 0.2) is 11.5 Å². The molecule has 0 atom stereocenters. The van der Waals surface area contributed by atoms with Gasteiger partial charge in [0.25, 0.3) is 0 Å². The van der Waals surface area contributed by atoms with Gasteiger partial charge < -0.3 is 5.73 Å². The van der Waals surface area contributed by atoms with Crippen molar-refractivity contribution in [2.24, 2.45) is 0 Å². The molecule has 0 aliphatic heterocycles. The molecule has 0 amide bonds. The van der Waals surface area contributed by atoms with Gasteiger partial charge in [0.1, 0.15) is 0 Å². The van der Waals surface area contributed by atoms with Gasteiger partial charge in [-0.15, -0.1) is 0 Å². The summed E-state index contributed by atoms with van der Waals surface area (Å²) in [5, 5.41) is 15.7. The van der Waals surface area contributed by atoms with Crippen LogP contribution in [-0.2, 0) is 0 Å². The van der Waals surface area contributed by atoms with Crippen LogP contribution in [0.4, 0.5) is 5.82 Å². The highest BCUT2D eigenvalue weighted by Gasteiger charge is 2.08. The van der Waals surface area contributed by atoms with Crippen molar-refractivity contribution in [2.75, 3.05) is 5.73 Å². The van der Waals surface area contributed by atoms with E-state index < -0.39 is 0 Å². The van der Waals surface area contributed by atoms with Crippen LogP contribution in [-0.4, -0.2) is 25.4 Å². The summed E-state index contributed by atoms with van der Waals surface area (Å²) in [6, 6.07) is 7.99. The second-order valence-corrected chi connectivity index (χ2v) is 4.36. The summed E-state index contributed by atoms with van der Waals surface area (Å²) in [5.41, 5.74) is 9.68. The van der Waals surface area contributed by atoms with E-state index in [4.69, 9.17) is 5.73 Å². The number of aromatic amines is 2. The SMILES string of the molecule is Nc1n[nH]c2ccc(-c3ccnc4[nH]ncc34)cc12. The lowest BCUT2D eigenvalue weighted by atomic mass is 10.0. The van der Waals surface area contributed by atoms with Crippen molar-refractivity contribution in [1.29, 1.82) is 0 Å². The molecule has 0 aliphatic carbocycles. The number of fused-ring (bicyclic) bond motifs is 2. The van der Waals surface area contributed by atoms with Gasteiger partial charge in [-0.05, 0) is 29.3 Å². The first-order chi connectivity index (χ1) is 9.33. The van der Waals surface area contributed by atoms with E-state index in [9.17, 15) is 0 Å². The molecule has 0 unspecified atom stereocenters. The predicted molar refractivity (Wildman–Crippen MR) is 73.4 cm³/mol. The molecule has 0 saturated carbocycles. The molecule has 4 aromatic rings. The van der Waals surface area contributed by atoms with Gasteiger partial charge in [-0.3, -0.25) is 10.2 Å². The molecule has 6 nitrogen and oxygen atoms in total. The lowest BCUT2D eigenvalue weighted by Gasteiger charge is -2.03. The Hall–Kier alpha value is -2.89. The largest absolute Gasteiger partial charge is 0.382 e. The number of H-pyrrole nitrogens is 2. The van der Waals surface area contributed by atoms with Gasteiger partial charge in [-0.25, -0.2) is 4.98 Å². The van der Waals surface area contributed by atoms with Crippen molar-refractivity contribution in [1.82, 2.24) is 25.4 Å². The zero-order chi connectivity index (χ0) is 12.8. The standard InChI is InChI=1S/C13H10N6/c14-12-9-5-7(1-2-11(9)17-18-12)8-3-4-15-13-10(8)6-16-19-13/h1-6H,(H3,14,17,18)(H,15,16,19). The monoisotopic (exact) mass is 250 g/mol. The number of benzene rings is 1. The maximum absolute atomic E-state index is 5.84. The Labute approximate surface area is 107 Å². The van der Waals surface area contributed by atoms with Gasteiger partial charge in [0.2, 0.25) is 0 Å². The number of rotatable bonds is 1. The number of nitrogens with zero attached hydrogens (tertiary/aromatic N) is 3. The Balaban J connectivity index is 2.03. The Kier molecular flexibility index (Phi) is 1.88. The van der Waals surface area contributed by atoms with E-state index in [-0.39, 0.29) is 0 Å². The van der Waals surface area contributed by atoms with Gasteiger partial charge >= 0.3 is 0 Å². The van der Waals surface area contributed by atoms with E-state index in [1.165, 1.54) is 0 Å². The van der Waals surface area contributed by atoms with Gasteiger partial charge in [-0.1, -0.05) is 6.07 Å². The van der Waals surface area contributed by atoms with Crippen molar-refractivity contribution >= 4 is 27.8 Å². The zero-order valence-electron chi connectivity index (χ0n) is 9.88. The Morgan fingerprint density at radius 3 is 2.95 bits per heavy atom. The molecule has 0 radical (unpaired) electrons. The third-order valence-electron chi connectivity index (χ3n) is 3.26. The van der Waals surface area contributed by atoms with Crippen LogP contribution in [0.15, 0.2) is 36.7 Å². The average molecular weight is 250 g/mol. The van der Waals surface area contributed by atoms with E-state index in [1.54, 1.807) is 12.4 Å². The third kappa shape index (κ3) is 1.40. The fourth-order valence-electron chi connectivity index (χ4n) is 2.30. The summed E-state index contributed by atoms with van der Waals surface area (Å²) in [6.45, 7) is 0. The molecule has 4 N–H and O–H groups in total. The molecule has 92 valence electrons. The minimum atomic E-state index is 0.509. The molecule has 3 heterocycles. The van der Waals surface area contributed by atoms with Crippen molar-refractivity contribution in [3.63, 3.8) is 0 Å². The van der Waals surface area contributed by atoms with Crippen molar-refractivity contribution < 1.29 is 0 Å². The lowest BCUT2D eigenvalue weighted by molar-refractivity contribution is 1.10. The Bertz CT molecular complexity index is 888. The number of anilines is 1. The topological polar surface area (TPSA) is 96.3 Å². The fourth-order valence-corrected chi connectivity index (χ4v) is 2.30. The zero-order valence-corrected chi connectivity index (χ0v) is 9.88. The number of pyridine rings is 1. The fraction of sp³-hybridized carbons (Fsp3) is 0. The number of hydrogen-bond acceptors (Lipinski definition) is 4. The molecule has 0 saturated heterocycles. The summed E-state index contributed by atoms with van der Waals surface area (Å²) in [4.78, 5) is 4.24. The molecule has 19 heavy (non-hydrogen) atoms. The average Bonchev–Trinajstić information content (AvgIpc) is 3.05. The molecule has 6 heteroatoms. The van der Waals surface area contributed by atoms with Crippen LogP contribution in [0.5, 0.6) is 0 Å². The van der Waals surface area contributed by atoms with Gasteiger partial charge in [0, 0.05) is 17.0 Å². The highest BCUT2D eigenvalue weighted by atomic mass is 15.1. The molecule has 1 aromatic carbocycles. The molecule has 0 aliphatic rings. The van der Waals surface area contributed by atoms with E-state index >= 15 is 0 Å². The Morgan fingerprint density at radius 1 is 1.05 bits per heavy atom. The van der Waals surface area contributed by atoms with Gasteiger partial charge in [0.05, 0.1) is 11.7 Å². The minimum absolute atomic E-state index is 0.509. The summed E-state index contributed by atoms with van der Waals surface area (Å²) < 4.78 is 0. The van der Waals surface area contributed by atoms with Crippen LogP contribution >= 0.6 is 0 Å². The Morgan fingerprint density at radius 2 is 2.00 bits per heavy atom.